The van der Waals surface area contributed by atoms with Gasteiger partial charge >= 0.3 is 0 Å². The average molecular weight is 350 g/mol. The minimum Gasteiger partial charge on any atom is -0.356 e. The zero-order chi connectivity index (χ0) is 18.0. The van der Waals surface area contributed by atoms with E-state index in [2.05, 4.69) is 49.9 Å². The normalized spacial score (nSPS) is 19.9. The van der Waals surface area contributed by atoms with Crippen LogP contribution in [0, 0.1) is 17.4 Å². The fraction of sp³-hybridized carbons (Fsp3) is 0.450. The van der Waals surface area contributed by atoms with Gasteiger partial charge in [0.25, 0.3) is 0 Å². The smallest absolute Gasteiger partial charge is 0.204 e. The molecule has 6 nitrogen and oxygen atoms in total. The molecule has 2 atom stereocenters. The van der Waals surface area contributed by atoms with Crippen LogP contribution in [0.25, 0.3) is 0 Å². The van der Waals surface area contributed by atoms with Crippen LogP contribution in [0.2, 0.25) is 0 Å². The van der Waals surface area contributed by atoms with E-state index in [1.165, 1.54) is 24.1 Å². The number of imidazole rings is 1. The van der Waals surface area contributed by atoms with Gasteiger partial charge in [-0.25, -0.2) is 4.98 Å². The van der Waals surface area contributed by atoms with Gasteiger partial charge in [-0.1, -0.05) is 30.3 Å². The lowest BCUT2D eigenvalue weighted by atomic mass is 10.0. The van der Waals surface area contributed by atoms with E-state index in [4.69, 9.17) is 5.26 Å². The number of nitriles is 1. The number of aryl methyl sites for hydroxylation is 1. The molecule has 1 saturated carbocycles. The monoisotopic (exact) mass is 350 g/mol. The minimum atomic E-state index is 0.559. The zero-order valence-electron chi connectivity index (χ0n) is 15.0. The second kappa shape index (κ2) is 9.62. The van der Waals surface area contributed by atoms with Gasteiger partial charge in [0, 0.05) is 30.9 Å². The highest BCUT2D eigenvalue weighted by Gasteiger charge is 2.26. The summed E-state index contributed by atoms with van der Waals surface area (Å²) in [6.45, 7) is 1.55. The summed E-state index contributed by atoms with van der Waals surface area (Å²) in [6.07, 6.45) is 11.1. The van der Waals surface area contributed by atoms with Gasteiger partial charge in [0.05, 0.1) is 6.33 Å². The molecular formula is C20H26N6. The molecule has 0 amide bonds. The highest BCUT2D eigenvalue weighted by atomic mass is 15.2. The number of aromatic amines is 1. The van der Waals surface area contributed by atoms with Crippen LogP contribution in [0.1, 0.15) is 42.9 Å². The number of aliphatic imine (C=N–C) groups is 1. The standard InChI is InChI=1S/C20H26N6/c21-14-25-20(23-10-4-7-16-5-2-1-3-6-16)24-12-17-8-9-18(11-17)19-13-22-15-26-19/h1-3,5-6,13,15,17-18H,4,7-12H2,(H,22,26)(H2,23,24,25)/t17-,18-/m0/s1. The molecule has 136 valence electrons. The van der Waals surface area contributed by atoms with Crippen molar-refractivity contribution in [2.24, 2.45) is 10.9 Å². The number of H-pyrrole nitrogens is 1. The van der Waals surface area contributed by atoms with Crippen molar-refractivity contribution >= 4 is 5.96 Å². The van der Waals surface area contributed by atoms with Crippen LogP contribution >= 0.6 is 0 Å². The fourth-order valence-electron chi connectivity index (χ4n) is 3.57. The summed E-state index contributed by atoms with van der Waals surface area (Å²) in [7, 11) is 0. The van der Waals surface area contributed by atoms with Crippen molar-refractivity contribution in [1.82, 2.24) is 20.6 Å². The largest absolute Gasteiger partial charge is 0.356 e. The van der Waals surface area contributed by atoms with E-state index < -0.39 is 0 Å². The first-order chi connectivity index (χ1) is 12.8. The lowest BCUT2D eigenvalue weighted by molar-refractivity contribution is 0.548. The first kappa shape index (κ1) is 18.0. The molecule has 0 bridgehead atoms. The Hall–Kier alpha value is -2.81. The van der Waals surface area contributed by atoms with Crippen molar-refractivity contribution in [3.63, 3.8) is 0 Å². The Balaban J connectivity index is 1.41. The molecule has 0 aliphatic heterocycles. The molecule has 3 rings (SSSR count). The van der Waals surface area contributed by atoms with Crippen LogP contribution in [-0.2, 0) is 6.42 Å². The van der Waals surface area contributed by atoms with Crippen molar-refractivity contribution in [3.8, 4) is 6.19 Å². The van der Waals surface area contributed by atoms with Gasteiger partial charge in [-0.3, -0.25) is 10.3 Å². The second-order valence-corrected chi connectivity index (χ2v) is 6.82. The van der Waals surface area contributed by atoms with Crippen LogP contribution in [0.4, 0.5) is 0 Å². The summed E-state index contributed by atoms with van der Waals surface area (Å²) in [5.41, 5.74) is 2.56. The third kappa shape index (κ3) is 5.35. The van der Waals surface area contributed by atoms with Crippen LogP contribution in [0.3, 0.4) is 0 Å². The Kier molecular flexibility index (Phi) is 6.66. The number of rotatable bonds is 7. The molecule has 2 aromatic rings. The van der Waals surface area contributed by atoms with Gasteiger partial charge in [-0.2, -0.15) is 5.26 Å². The van der Waals surface area contributed by atoms with Crippen molar-refractivity contribution in [2.75, 3.05) is 13.1 Å². The number of nitrogens with zero attached hydrogens (tertiary/aromatic N) is 3. The van der Waals surface area contributed by atoms with Crippen LogP contribution in [0.15, 0.2) is 47.8 Å². The molecule has 1 aliphatic carbocycles. The van der Waals surface area contributed by atoms with E-state index in [0.29, 0.717) is 17.8 Å². The van der Waals surface area contributed by atoms with E-state index in [1.54, 1.807) is 6.33 Å². The van der Waals surface area contributed by atoms with Gasteiger partial charge in [0.1, 0.15) is 0 Å². The van der Waals surface area contributed by atoms with Crippen molar-refractivity contribution < 1.29 is 0 Å². The quantitative estimate of drug-likeness (QED) is 0.235. The summed E-state index contributed by atoms with van der Waals surface area (Å²) in [4.78, 5) is 11.9. The van der Waals surface area contributed by atoms with Crippen LogP contribution in [-0.4, -0.2) is 29.0 Å². The van der Waals surface area contributed by atoms with Crippen LogP contribution in [0.5, 0.6) is 0 Å². The van der Waals surface area contributed by atoms with Crippen molar-refractivity contribution in [3.05, 3.63) is 54.1 Å². The summed E-state index contributed by atoms with van der Waals surface area (Å²) in [6, 6.07) is 10.4. The molecule has 0 radical (unpaired) electrons. The second-order valence-electron chi connectivity index (χ2n) is 6.82. The third-order valence-corrected chi connectivity index (χ3v) is 4.96. The van der Waals surface area contributed by atoms with E-state index in [-0.39, 0.29) is 0 Å². The van der Waals surface area contributed by atoms with Crippen molar-refractivity contribution in [1.29, 1.82) is 5.26 Å². The molecule has 1 aliphatic rings. The summed E-state index contributed by atoms with van der Waals surface area (Å²) < 4.78 is 0. The Morgan fingerprint density at radius 1 is 1.31 bits per heavy atom. The lowest BCUT2D eigenvalue weighted by Crippen LogP contribution is -2.35. The van der Waals surface area contributed by atoms with E-state index in [0.717, 1.165) is 32.4 Å². The topological polar surface area (TPSA) is 88.9 Å². The first-order valence-corrected chi connectivity index (χ1v) is 9.30. The maximum absolute atomic E-state index is 8.94. The predicted octanol–water partition coefficient (Wildman–Crippen LogP) is 2.94. The number of nitrogens with one attached hydrogen (secondary N) is 3. The zero-order valence-corrected chi connectivity index (χ0v) is 15.0. The molecule has 0 spiro atoms. The Bertz CT molecular complexity index is 717. The molecule has 1 aromatic heterocycles. The molecule has 0 unspecified atom stereocenters. The summed E-state index contributed by atoms with van der Waals surface area (Å²) >= 11 is 0. The molecule has 1 fully saturated rings. The Morgan fingerprint density at radius 3 is 2.96 bits per heavy atom. The van der Waals surface area contributed by atoms with Gasteiger partial charge in [0.15, 0.2) is 6.19 Å². The summed E-state index contributed by atoms with van der Waals surface area (Å²) in [5.74, 6) is 1.71. The number of guanidine groups is 1. The molecule has 3 N–H and O–H groups in total. The number of hydrogen-bond donors (Lipinski definition) is 3. The molecule has 1 aromatic carbocycles. The highest BCUT2D eigenvalue weighted by molar-refractivity contribution is 5.81. The molecular weight excluding hydrogens is 324 g/mol. The molecule has 1 heterocycles. The van der Waals surface area contributed by atoms with Crippen LogP contribution < -0.4 is 10.6 Å². The molecule has 0 saturated heterocycles. The van der Waals surface area contributed by atoms with E-state index >= 15 is 0 Å². The first-order valence-electron chi connectivity index (χ1n) is 9.30. The Labute approximate surface area is 154 Å². The third-order valence-electron chi connectivity index (χ3n) is 4.96. The average Bonchev–Trinajstić information content (AvgIpc) is 3.35. The Morgan fingerprint density at radius 2 is 2.19 bits per heavy atom. The van der Waals surface area contributed by atoms with E-state index in [9.17, 15) is 0 Å². The maximum Gasteiger partial charge on any atom is 0.204 e. The number of aromatic nitrogens is 2. The van der Waals surface area contributed by atoms with Gasteiger partial charge < -0.3 is 10.3 Å². The van der Waals surface area contributed by atoms with Gasteiger partial charge in [-0.05, 0) is 43.6 Å². The number of benzene rings is 1. The highest BCUT2D eigenvalue weighted by Crippen LogP contribution is 2.37. The number of hydrogen-bond acceptors (Lipinski definition) is 3. The van der Waals surface area contributed by atoms with E-state index in [1.807, 2.05) is 18.5 Å². The SMILES string of the molecule is N#CNC(=NC[C@H]1CC[C@H](c2cnc[nH]2)C1)NCCCc1ccccc1. The predicted molar refractivity (Wildman–Crippen MR) is 102 cm³/mol. The van der Waals surface area contributed by atoms with Crippen molar-refractivity contribution in [2.45, 2.75) is 38.0 Å². The van der Waals surface area contributed by atoms with Gasteiger partial charge in [-0.15, -0.1) is 0 Å². The molecule has 6 heteroatoms. The maximum atomic E-state index is 8.94. The minimum absolute atomic E-state index is 0.559. The lowest BCUT2D eigenvalue weighted by Gasteiger charge is -2.11. The fourth-order valence-corrected chi connectivity index (χ4v) is 3.57. The molecule has 26 heavy (non-hydrogen) atoms. The van der Waals surface area contributed by atoms with Gasteiger partial charge in [0.2, 0.25) is 5.96 Å². The summed E-state index contributed by atoms with van der Waals surface area (Å²) in [5, 5.41) is 14.9.